The van der Waals surface area contributed by atoms with Gasteiger partial charge in [-0.1, -0.05) is 6.07 Å². The van der Waals surface area contributed by atoms with Gasteiger partial charge < -0.3 is 10.1 Å². The molecule has 2 fully saturated rings. The first kappa shape index (κ1) is 14.3. The summed E-state index contributed by atoms with van der Waals surface area (Å²) in [6, 6.07) is 7.09. The van der Waals surface area contributed by atoms with Crippen LogP contribution in [0.1, 0.15) is 12.8 Å². The second kappa shape index (κ2) is 5.31. The van der Waals surface area contributed by atoms with Crippen LogP contribution in [0.15, 0.2) is 24.3 Å². The minimum Gasteiger partial charge on any atom is -0.497 e. The SMILES string of the molecule is COc1cccc(NC(=O)C2CN(S(=O)(=O)C3CC3)C2)c1. The summed E-state index contributed by atoms with van der Waals surface area (Å²) in [4.78, 5) is 12.1. The van der Waals surface area contributed by atoms with E-state index in [1.54, 1.807) is 31.4 Å². The molecule has 1 aromatic carbocycles. The van der Waals surface area contributed by atoms with Crippen molar-refractivity contribution in [2.45, 2.75) is 18.1 Å². The first-order valence-corrected chi connectivity index (χ1v) is 8.45. The Balaban J connectivity index is 1.56. The van der Waals surface area contributed by atoms with Crippen molar-refractivity contribution in [2.75, 3.05) is 25.5 Å². The number of sulfonamides is 1. The minimum absolute atomic E-state index is 0.148. The Morgan fingerprint density at radius 3 is 2.67 bits per heavy atom. The summed E-state index contributed by atoms with van der Waals surface area (Å²) in [5.74, 6) is 0.245. The predicted octanol–water partition coefficient (Wildman–Crippen LogP) is 1.06. The van der Waals surface area contributed by atoms with Crippen molar-refractivity contribution in [1.82, 2.24) is 4.31 Å². The molecule has 21 heavy (non-hydrogen) atoms. The lowest BCUT2D eigenvalue weighted by Crippen LogP contribution is -2.55. The number of nitrogens with one attached hydrogen (secondary N) is 1. The average molecular weight is 310 g/mol. The van der Waals surface area contributed by atoms with Crippen molar-refractivity contribution in [3.8, 4) is 5.75 Å². The molecule has 1 saturated carbocycles. The molecule has 7 heteroatoms. The number of anilines is 1. The maximum Gasteiger partial charge on any atom is 0.230 e. The molecule has 3 rings (SSSR count). The highest BCUT2D eigenvalue weighted by Gasteiger charge is 2.46. The van der Waals surface area contributed by atoms with Crippen LogP contribution in [0.25, 0.3) is 0 Å². The molecule has 1 aliphatic carbocycles. The summed E-state index contributed by atoms with van der Waals surface area (Å²) < 4.78 is 30.4. The van der Waals surface area contributed by atoms with Crippen molar-refractivity contribution in [1.29, 1.82) is 0 Å². The molecule has 0 atom stereocenters. The molecule has 0 radical (unpaired) electrons. The second-order valence-electron chi connectivity index (χ2n) is 5.48. The summed E-state index contributed by atoms with van der Waals surface area (Å²) in [5.41, 5.74) is 0.655. The lowest BCUT2D eigenvalue weighted by Gasteiger charge is -2.37. The molecule has 2 aliphatic rings. The number of nitrogens with zero attached hydrogens (tertiary/aromatic N) is 1. The highest BCUT2D eigenvalue weighted by Crippen LogP contribution is 2.34. The van der Waals surface area contributed by atoms with Crippen molar-refractivity contribution in [3.63, 3.8) is 0 Å². The van der Waals surface area contributed by atoms with E-state index in [0.717, 1.165) is 12.8 Å². The largest absolute Gasteiger partial charge is 0.497 e. The van der Waals surface area contributed by atoms with E-state index >= 15 is 0 Å². The van der Waals surface area contributed by atoms with Crippen molar-refractivity contribution < 1.29 is 17.9 Å². The third-order valence-electron chi connectivity index (χ3n) is 3.86. The van der Waals surface area contributed by atoms with Gasteiger partial charge in [-0.15, -0.1) is 0 Å². The lowest BCUT2D eigenvalue weighted by atomic mass is 10.0. The van der Waals surface area contributed by atoms with Crippen LogP contribution in [0.2, 0.25) is 0 Å². The van der Waals surface area contributed by atoms with Gasteiger partial charge in [-0.05, 0) is 25.0 Å². The van der Waals surface area contributed by atoms with Gasteiger partial charge >= 0.3 is 0 Å². The molecule has 114 valence electrons. The molecular weight excluding hydrogens is 292 g/mol. The van der Waals surface area contributed by atoms with Gasteiger partial charge in [0.15, 0.2) is 0 Å². The number of ether oxygens (including phenoxy) is 1. The van der Waals surface area contributed by atoms with Gasteiger partial charge in [-0.2, -0.15) is 4.31 Å². The van der Waals surface area contributed by atoms with Crippen molar-refractivity contribution in [2.24, 2.45) is 5.92 Å². The minimum atomic E-state index is -3.15. The number of carbonyl (C=O) groups excluding carboxylic acids is 1. The molecule has 1 saturated heterocycles. The second-order valence-corrected chi connectivity index (χ2v) is 7.69. The summed E-state index contributed by atoms with van der Waals surface area (Å²) in [6.45, 7) is 0.573. The first-order chi connectivity index (χ1) is 10.0. The molecule has 1 aromatic rings. The number of hydrogen-bond acceptors (Lipinski definition) is 4. The summed E-state index contributed by atoms with van der Waals surface area (Å²) in [5, 5.41) is 2.59. The van der Waals surface area contributed by atoms with Crippen LogP contribution in [-0.2, 0) is 14.8 Å². The van der Waals surface area contributed by atoms with Crippen molar-refractivity contribution in [3.05, 3.63) is 24.3 Å². The summed E-state index contributed by atoms with van der Waals surface area (Å²) in [7, 11) is -1.58. The van der Waals surface area contributed by atoms with Gasteiger partial charge in [0.2, 0.25) is 15.9 Å². The zero-order chi connectivity index (χ0) is 15.0. The van der Waals surface area contributed by atoms with Gasteiger partial charge in [-0.25, -0.2) is 8.42 Å². The Morgan fingerprint density at radius 1 is 1.33 bits per heavy atom. The smallest absolute Gasteiger partial charge is 0.230 e. The first-order valence-electron chi connectivity index (χ1n) is 6.94. The summed E-state index contributed by atoms with van der Waals surface area (Å²) in [6.07, 6.45) is 1.50. The van der Waals surface area contributed by atoms with E-state index < -0.39 is 10.0 Å². The average Bonchev–Trinajstić information content (AvgIpc) is 3.21. The fourth-order valence-electron chi connectivity index (χ4n) is 2.33. The fourth-order valence-corrected chi connectivity index (χ4v) is 4.26. The zero-order valence-electron chi connectivity index (χ0n) is 11.8. The van der Waals surface area contributed by atoms with Crippen LogP contribution < -0.4 is 10.1 Å². The van der Waals surface area contributed by atoms with Gasteiger partial charge in [0.25, 0.3) is 0 Å². The molecule has 1 aliphatic heterocycles. The Hall–Kier alpha value is -1.60. The Labute approximate surface area is 124 Å². The molecule has 1 heterocycles. The number of rotatable bonds is 5. The number of hydrogen-bond donors (Lipinski definition) is 1. The maximum atomic E-state index is 12.1. The third-order valence-corrected chi connectivity index (χ3v) is 6.19. The van der Waals surface area contributed by atoms with E-state index in [0.29, 0.717) is 11.4 Å². The fraction of sp³-hybridized carbons (Fsp3) is 0.500. The van der Waals surface area contributed by atoms with Crippen LogP contribution in [0, 0.1) is 5.92 Å². The maximum absolute atomic E-state index is 12.1. The van der Waals surface area contributed by atoms with E-state index in [1.807, 2.05) is 0 Å². The number of methoxy groups -OCH3 is 1. The molecule has 0 unspecified atom stereocenters. The van der Waals surface area contributed by atoms with Crippen molar-refractivity contribution >= 4 is 21.6 Å². The highest BCUT2D eigenvalue weighted by atomic mass is 32.2. The quantitative estimate of drug-likeness (QED) is 0.882. The Morgan fingerprint density at radius 2 is 2.05 bits per heavy atom. The van der Waals surface area contributed by atoms with Crippen LogP contribution in [0.3, 0.4) is 0 Å². The van der Waals surface area contributed by atoms with E-state index in [1.165, 1.54) is 4.31 Å². The molecule has 0 bridgehead atoms. The molecule has 0 spiro atoms. The van der Waals surface area contributed by atoms with Gasteiger partial charge in [0.05, 0.1) is 18.3 Å². The van der Waals surface area contributed by atoms with Crippen LogP contribution in [0.4, 0.5) is 5.69 Å². The number of amides is 1. The standard InChI is InChI=1S/C14H18N2O4S/c1-20-12-4-2-3-11(7-12)15-14(17)10-8-16(9-10)21(18,19)13-5-6-13/h2-4,7,10,13H,5-6,8-9H2,1H3,(H,15,17). The van der Waals surface area contributed by atoms with E-state index in [-0.39, 0.29) is 30.2 Å². The number of carbonyl (C=O) groups is 1. The van der Waals surface area contributed by atoms with Gasteiger partial charge in [-0.3, -0.25) is 4.79 Å². The molecule has 1 N–H and O–H groups in total. The Kier molecular flexibility index (Phi) is 3.62. The van der Waals surface area contributed by atoms with Gasteiger partial charge in [0, 0.05) is 24.8 Å². The van der Waals surface area contributed by atoms with E-state index in [2.05, 4.69) is 5.32 Å². The normalized spacial score (nSPS) is 19.9. The molecule has 1 amide bonds. The highest BCUT2D eigenvalue weighted by molar-refractivity contribution is 7.90. The molecule has 6 nitrogen and oxygen atoms in total. The Bertz CT molecular complexity index is 649. The monoisotopic (exact) mass is 310 g/mol. The van der Waals surface area contributed by atoms with E-state index in [4.69, 9.17) is 4.74 Å². The van der Waals surface area contributed by atoms with Crippen LogP contribution in [0.5, 0.6) is 5.75 Å². The zero-order valence-corrected chi connectivity index (χ0v) is 12.6. The van der Waals surface area contributed by atoms with E-state index in [9.17, 15) is 13.2 Å². The number of benzene rings is 1. The third kappa shape index (κ3) is 2.89. The molecular formula is C14H18N2O4S. The van der Waals surface area contributed by atoms with Gasteiger partial charge in [0.1, 0.15) is 5.75 Å². The predicted molar refractivity (Wildman–Crippen MR) is 78.6 cm³/mol. The van der Waals surface area contributed by atoms with Crippen LogP contribution >= 0.6 is 0 Å². The molecule has 0 aromatic heterocycles. The van der Waals surface area contributed by atoms with Crippen LogP contribution in [-0.4, -0.2) is 44.1 Å². The topological polar surface area (TPSA) is 75.7 Å². The lowest BCUT2D eigenvalue weighted by molar-refractivity contribution is -0.122. The summed E-state index contributed by atoms with van der Waals surface area (Å²) >= 11 is 0.